The van der Waals surface area contributed by atoms with Crippen LogP contribution in [0.5, 0.6) is 0 Å². The van der Waals surface area contributed by atoms with Crippen LogP contribution in [0.4, 0.5) is 10.6 Å². The van der Waals surface area contributed by atoms with Gasteiger partial charge in [-0.05, 0) is 17.7 Å². The molecule has 2 heterocycles. The van der Waals surface area contributed by atoms with E-state index in [1.165, 1.54) is 11.9 Å². The highest BCUT2D eigenvalue weighted by molar-refractivity contribution is 5.98. The second kappa shape index (κ2) is 8.98. The number of benzene rings is 2. The third-order valence-electron chi connectivity index (χ3n) is 5.33. The second-order valence-corrected chi connectivity index (χ2v) is 7.21. The first-order chi connectivity index (χ1) is 14.2. The molecule has 1 aromatic heterocycles. The van der Waals surface area contributed by atoms with E-state index in [9.17, 15) is 4.79 Å². The third-order valence-corrected chi connectivity index (χ3v) is 5.33. The van der Waals surface area contributed by atoms with Gasteiger partial charge in [0.05, 0.1) is 18.2 Å². The maximum absolute atomic E-state index is 12.8. The number of carbonyl (C=O) groups excluding carboxylic acids is 1. The van der Waals surface area contributed by atoms with Gasteiger partial charge in [-0.1, -0.05) is 42.5 Å². The maximum atomic E-state index is 12.8. The van der Waals surface area contributed by atoms with Crippen molar-refractivity contribution in [1.29, 1.82) is 0 Å². The van der Waals surface area contributed by atoms with Gasteiger partial charge in [0, 0.05) is 38.0 Å². The number of aromatic nitrogens is 2. The summed E-state index contributed by atoms with van der Waals surface area (Å²) >= 11 is 0. The molecule has 1 saturated heterocycles. The topological polar surface area (TPSA) is 79.4 Å². The van der Waals surface area contributed by atoms with Crippen molar-refractivity contribution in [3.8, 4) is 0 Å². The van der Waals surface area contributed by atoms with Crippen LogP contribution in [-0.2, 0) is 4.74 Å². The van der Waals surface area contributed by atoms with Crippen LogP contribution in [0.2, 0.25) is 0 Å². The molecule has 0 spiro atoms. The number of fused-ring (bicyclic) bond motifs is 1. The molecule has 2 atom stereocenters. The zero-order chi connectivity index (χ0) is 20.1. The van der Waals surface area contributed by atoms with Gasteiger partial charge in [0.25, 0.3) is 0 Å². The minimum Gasteiger partial charge on any atom is -0.383 e. The first kappa shape index (κ1) is 19.3. The summed E-state index contributed by atoms with van der Waals surface area (Å²) in [7, 11) is 1.71. The van der Waals surface area contributed by atoms with Crippen LogP contribution in [0, 0.1) is 0 Å². The zero-order valence-electron chi connectivity index (χ0n) is 16.4. The normalized spacial score (nSPS) is 19.3. The molecule has 7 heteroatoms. The van der Waals surface area contributed by atoms with Gasteiger partial charge in [0.1, 0.15) is 12.1 Å². The summed E-state index contributed by atoms with van der Waals surface area (Å²) in [6, 6.07) is 17.7. The van der Waals surface area contributed by atoms with Crippen molar-refractivity contribution in [3.05, 3.63) is 66.5 Å². The molecule has 0 bridgehead atoms. The number of urea groups is 1. The second-order valence-electron chi connectivity index (χ2n) is 7.21. The molecule has 0 aliphatic carbocycles. The SMILES string of the molecule is COCCN1C[C@@H](NC(=O)Nc2ncnc3ccccc23)[C@H](c2ccccc2)C1. The summed E-state index contributed by atoms with van der Waals surface area (Å²) in [5.74, 6) is 0.736. The van der Waals surface area contributed by atoms with E-state index in [0.29, 0.717) is 12.4 Å². The number of hydrogen-bond donors (Lipinski definition) is 2. The molecule has 0 saturated carbocycles. The maximum Gasteiger partial charge on any atom is 0.320 e. The lowest BCUT2D eigenvalue weighted by molar-refractivity contribution is 0.159. The van der Waals surface area contributed by atoms with Crippen LogP contribution in [-0.4, -0.2) is 60.3 Å². The molecule has 3 aromatic rings. The standard InChI is InChI=1S/C22H25N5O2/c1-29-12-11-27-13-18(16-7-3-2-4-8-16)20(14-27)25-22(28)26-21-17-9-5-6-10-19(17)23-15-24-21/h2-10,15,18,20H,11-14H2,1H3,(H2,23,24,25,26,28)/t18-,20+/m0/s1. The number of likely N-dealkylation sites (tertiary alicyclic amines) is 1. The van der Waals surface area contributed by atoms with Gasteiger partial charge in [-0.25, -0.2) is 14.8 Å². The summed E-state index contributed by atoms with van der Waals surface area (Å²) < 4.78 is 5.23. The Kier molecular flexibility index (Phi) is 5.97. The van der Waals surface area contributed by atoms with E-state index in [1.807, 2.05) is 42.5 Å². The lowest BCUT2D eigenvalue weighted by Gasteiger charge is -2.20. The van der Waals surface area contributed by atoms with E-state index < -0.39 is 0 Å². The van der Waals surface area contributed by atoms with Crippen molar-refractivity contribution >= 4 is 22.8 Å². The highest BCUT2D eigenvalue weighted by Crippen LogP contribution is 2.28. The molecule has 1 fully saturated rings. The predicted octanol–water partition coefficient (Wildman–Crippen LogP) is 2.87. The molecular formula is C22H25N5O2. The van der Waals surface area contributed by atoms with E-state index in [2.05, 4.69) is 37.6 Å². The van der Waals surface area contributed by atoms with Crippen molar-refractivity contribution in [2.75, 3.05) is 38.7 Å². The molecule has 2 aromatic carbocycles. The number of anilines is 1. The molecule has 1 aliphatic heterocycles. The zero-order valence-corrected chi connectivity index (χ0v) is 16.4. The van der Waals surface area contributed by atoms with Crippen molar-refractivity contribution in [1.82, 2.24) is 20.2 Å². The highest BCUT2D eigenvalue weighted by atomic mass is 16.5. The monoisotopic (exact) mass is 391 g/mol. The molecule has 29 heavy (non-hydrogen) atoms. The molecule has 0 radical (unpaired) electrons. The van der Waals surface area contributed by atoms with E-state index in [-0.39, 0.29) is 18.0 Å². The number of rotatable bonds is 6. The van der Waals surface area contributed by atoms with Gasteiger partial charge in [-0.15, -0.1) is 0 Å². The largest absolute Gasteiger partial charge is 0.383 e. The van der Waals surface area contributed by atoms with E-state index in [1.54, 1.807) is 7.11 Å². The molecule has 150 valence electrons. The minimum absolute atomic E-state index is 0.00218. The van der Waals surface area contributed by atoms with Gasteiger partial charge < -0.3 is 10.1 Å². The van der Waals surface area contributed by atoms with Crippen LogP contribution < -0.4 is 10.6 Å². The van der Waals surface area contributed by atoms with Crippen LogP contribution in [0.3, 0.4) is 0 Å². The average Bonchev–Trinajstić information content (AvgIpc) is 3.15. The van der Waals surface area contributed by atoms with Crippen LogP contribution >= 0.6 is 0 Å². The lowest BCUT2D eigenvalue weighted by atomic mass is 9.94. The minimum atomic E-state index is -0.256. The molecule has 2 amide bonds. The van der Waals surface area contributed by atoms with Gasteiger partial charge in [0.15, 0.2) is 0 Å². The van der Waals surface area contributed by atoms with Gasteiger partial charge in [0.2, 0.25) is 0 Å². The first-order valence-electron chi connectivity index (χ1n) is 9.78. The fraction of sp³-hybridized carbons (Fsp3) is 0.318. The Bertz CT molecular complexity index is 960. The summed E-state index contributed by atoms with van der Waals surface area (Å²) in [6.07, 6.45) is 1.47. The van der Waals surface area contributed by atoms with Gasteiger partial charge in [-0.2, -0.15) is 0 Å². The number of ether oxygens (including phenoxy) is 1. The van der Waals surface area contributed by atoms with E-state index in [0.717, 1.165) is 30.5 Å². The molecule has 0 unspecified atom stereocenters. The summed E-state index contributed by atoms with van der Waals surface area (Å²) in [6.45, 7) is 3.18. The lowest BCUT2D eigenvalue weighted by Crippen LogP contribution is -2.42. The Morgan fingerprint density at radius 3 is 2.72 bits per heavy atom. The Morgan fingerprint density at radius 1 is 1.10 bits per heavy atom. The van der Waals surface area contributed by atoms with Crippen LogP contribution in [0.1, 0.15) is 11.5 Å². The van der Waals surface area contributed by atoms with Crippen molar-refractivity contribution in [2.24, 2.45) is 0 Å². The average molecular weight is 391 g/mol. The van der Waals surface area contributed by atoms with E-state index in [4.69, 9.17) is 4.74 Å². The number of nitrogens with one attached hydrogen (secondary N) is 2. The fourth-order valence-electron chi connectivity index (χ4n) is 3.89. The number of methoxy groups -OCH3 is 1. The van der Waals surface area contributed by atoms with Crippen molar-refractivity contribution in [2.45, 2.75) is 12.0 Å². The molecular weight excluding hydrogens is 366 g/mol. The highest BCUT2D eigenvalue weighted by Gasteiger charge is 2.34. The van der Waals surface area contributed by atoms with Gasteiger partial charge in [-0.3, -0.25) is 10.2 Å². The molecule has 2 N–H and O–H groups in total. The Balaban J connectivity index is 1.48. The van der Waals surface area contributed by atoms with Crippen LogP contribution in [0.25, 0.3) is 10.9 Å². The summed E-state index contributed by atoms with van der Waals surface area (Å²) in [4.78, 5) is 23.6. The molecule has 7 nitrogen and oxygen atoms in total. The van der Waals surface area contributed by atoms with Gasteiger partial charge >= 0.3 is 6.03 Å². The number of amides is 2. The Labute approximate surface area is 170 Å². The number of nitrogens with zero attached hydrogens (tertiary/aromatic N) is 3. The molecule has 4 rings (SSSR count). The number of hydrogen-bond acceptors (Lipinski definition) is 5. The molecule has 1 aliphatic rings. The predicted molar refractivity (Wildman–Crippen MR) is 113 cm³/mol. The quantitative estimate of drug-likeness (QED) is 0.676. The number of carbonyl (C=O) groups is 1. The number of para-hydroxylation sites is 1. The Morgan fingerprint density at radius 2 is 1.90 bits per heavy atom. The fourth-order valence-corrected chi connectivity index (χ4v) is 3.89. The van der Waals surface area contributed by atoms with Crippen LogP contribution in [0.15, 0.2) is 60.9 Å². The van der Waals surface area contributed by atoms with E-state index >= 15 is 0 Å². The first-order valence-corrected chi connectivity index (χ1v) is 9.78. The third kappa shape index (κ3) is 4.52. The summed E-state index contributed by atoms with van der Waals surface area (Å²) in [5.41, 5.74) is 2.02. The van der Waals surface area contributed by atoms with Crippen molar-refractivity contribution < 1.29 is 9.53 Å². The smallest absolute Gasteiger partial charge is 0.320 e. The van der Waals surface area contributed by atoms with Crippen molar-refractivity contribution in [3.63, 3.8) is 0 Å². The Hall–Kier alpha value is -3.03. The summed E-state index contributed by atoms with van der Waals surface area (Å²) in [5, 5.41) is 6.87.